The van der Waals surface area contributed by atoms with Crippen LogP contribution in [0, 0.1) is 0 Å². The lowest BCUT2D eigenvalue weighted by Gasteiger charge is -2.33. The van der Waals surface area contributed by atoms with Gasteiger partial charge in [-0.2, -0.15) is 0 Å². The molecule has 1 fully saturated rings. The largest absolute Gasteiger partial charge is 0.493 e. The minimum Gasteiger partial charge on any atom is -0.493 e. The smallest absolute Gasteiger partial charge is 0.203 e. The third kappa shape index (κ3) is 6.29. The molecule has 1 aliphatic heterocycles. The van der Waals surface area contributed by atoms with Gasteiger partial charge < -0.3 is 24.8 Å². The Hall–Kier alpha value is -2.93. The van der Waals surface area contributed by atoms with E-state index in [0.717, 1.165) is 57.0 Å². The van der Waals surface area contributed by atoms with Gasteiger partial charge in [0.15, 0.2) is 17.5 Å². The summed E-state index contributed by atoms with van der Waals surface area (Å²) in [5.41, 5.74) is 2.43. The highest BCUT2D eigenvalue weighted by molar-refractivity contribution is 5.80. The maximum Gasteiger partial charge on any atom is 0.203 e. The summed E-state index contributed by atoms with van der Waals surface area (Å²) in [6.45, 7) is 3.94. The molecular formula is C25H36N4O3. The van der Waals surface area contributed by atoms with Crippen LogP contribution in [0.4, 0.5) is 0 Å². The molecule has 1 aliphatic rings. The predicted octanol–water partition coefficient (Wildman–Crippen LogP) is 3.08. The van der Waals surface area contributed by atoms with Crippen molar-refractivity contribution in [1.29, 1.82) is 0 Å². The molecule has 32 heavy (non-hydrogen) atoms. The van der Waals surface area contributed by atoms with Crippen molar-refractivity contribution in [2.75, 3.05) is 48.0 Å². The van der Waals surface area contributed by atoms with E-state index in [1.807, 2.05) is 19.2 Å². The zero-order valence-electron chi connectivity index (χ0n) is 19.7. The third-order valence-electron chi connectivity index (χ3n) is 5.87. The van der Waals surface area contributed by atoms with Crippen LogP contribution >= 0.6 is 0 Å². The number of likely N-dealkylation sites (tertiary alicyclic amines) is 1. The molecule has 1 saturated heterocycles. The minimum absolute atomic E-state index is 0.434. The normalized spacial score (nSPS) is 15.3. The lowest BCUT2D eigenvalue weighted by Crippen LogP contribution is -2.48. The van der Waals surface area contributed by atoms with Gasteiger partial charge in [-0.1, -0.05) is 36.4 Å². The summed E-state index contributed by atoms with van der Waals surface area (Å²) in [7, 11) is 6.72. The zero-order chi connectivity index (χ0) is 22.8. The molecule has 1 heterocycles. The van der Waals surface area contributed by atoms with Gasteiger partial charge in [0.25, 0.3) is 0 Å². The lowest BCUT2D eigenvalue weighted by molar-refractivity contribution is 0.198. The molecule has 0 bridgehead atoms. The molecule has 0 spiro atoms. The minimum atomic E-state index is 0.434. The first-order chi connectivity index (χ1) is 15.7. The number of benzene rings is 2. The van der Waals surface area contributed by atoms with Gasteiger partial charge in [-0.15, -0.1) is 0 Å². The molecule has 2 aromatic carbocycles. The second-order valence-corrected chi connectivity index (χ2v) is 7.92. The fourth-order valence-corrected chi connectivity index (χ4v) is 4.14. The first-order valence-corrected chi connectivity index (χ1v) is 11.2. The van der Waals surface area contributed by atoms with Gasteiger partial charge in [0, 0.05) is 44.8 Å². The highest BCUT2D eigenvalue weighted by Crippen LogP contribution is 2.39. The molecule has 3 rings (SSSR count). The average molecular weight is 441 g/mol. The molecular weight excluding hydrogens is 404 g/mol. The molecule has 7 nitrogen and oxygen atoms in total. The Balaban J connectivity index is 1.46. The Labute approximate surface area is 191 Å². The summed E-state index contributed by atoms with van der Waals surface area (Å²) in [5.74, 6) is 2.84. The monoisotopic (exact) mass is 440 g/mol. The molecule has 0 atom stereocenters. The molecule has 0 saturated carbocycles. The van der Waals surface area contributed by atoms with Gasteiger partial charge >= 0.3 is 0 Å². The number of piperidine rings is 1. The van der Waals surface area contributed by atoms with E-state index >= 15 is 0 Å². The molecule has 0 radical (unpaired) electrons. The van der Waals surface area contributed by atoms with Crippen molar-refractivity contribution in [3.8, 4) is 17.2 Å². The maximum absolute atomic E-state index is 5.58. The van der Waals surface area contributed by atoms with Crippen LogP contribution < -0.4 is 24.8 Å². The van der Waals surface area contributed by atoms with Crippen molar-refractivity contribution in [3.05, 3.63) is 53.6 Å². The van der Waals surface area contributed by atoms with E-state index in [1.54, 1.807) is 21.3 Å². The van der Waals surface area contributed by atoms with Gasteiger partial charge in [-0.3, -0.25) is 9.89 Å². The van der Waals surface area contributed by atoms with E-state index in [9.17, 15) is 0 Å². The van der Waals surface area contributed by atoms with Gasteiger partial charge in [0.1, 0.15) is 0 Å². The fourth-order valence-electron chi connectivity index (χ4n) is 4.14. The maximum atomic E-state index is 5.58. The van der Waals surface area contributed by atoms with E-state index < -0.39 is 0 Å². The van der Waals surface area contributed by atoms with Gasteiger partial charge in [0.05, 0.1) is 21.3 Å². The Morgan fingerprint density at radius 2 is 1.69 bits per heavy atom. The molecule has 0 amide bonds. The van der Waals surface area contributed by atoms with E-state index in [1.165, 1.54) is 5.56 Å². The number of nitrogens with one attached hydrogen (secondary N) is 2. The first kappa shape index (κ1) is 23.7. The fraction of sp³-hybridized carbons (Fsp3) is 0.480. The molecule has 174 valence electrons. The molecule has 0 unspecified atom stereocenters. The number of rotatable bonds is 9. The highest BCUT2D eigenvalue weighted by atomic mass is 16.5. The number of methoxy groups -OCH3 is 3. The molecule has 2 N–H and O–H groups in total. The molecule has 7 heteroatoms. The van der Waals surface area contributed by atoms with Gasteiger partial charge in [0.2, 0.25) is 5.75 Å². The van der Waals surface area contributed by atoms with Crippen LogP contribution in [-0.4, -0.2) is 64.9 Å². The van der Waals surface area contributed by atoms with Crippen molar-refractivity contribution < 1.29 is 14.2 Å². The van der Waals surface area contributed by atoms with Crippen LogP contribution in [0.2, 0.25) is 0 Å². The summed E-state index contributed by atoms with van der Waals surface area (Å²) < 4.78 is 16.4. The number of guanidine groups is 1. The molecule has 2 aromatic rings. The zero-order valence-corrected chi connectivity index (χ0v) is 19.7. The predicted molar refractivity (Wildman–Crippen MR) is 129 cm³/mol. The van der Waals surface area contributed by atoms with Gasteiger partial charge in [-0.25, -0.2) is 0 Å². The second kappa shape index (κ2) is 12.2. The van der Waals surface area contributed by atoms with Crippen LogP contribution in [0.3, 0.4) is 0 Å². The number of ether oxygens (including phenoxy) is 3. The van der Waals surface area contributed by atoms with Crippen molar-refractivity contribution in [2.24, 2.45) is 4.99 Å². The van der Waals surface area contributed by atoms with Crippen molar-refractivity contribution >= 4 is 5.96 Å². The summed E-state index contributed by atoms with van der Waals surface area (Å²) in [5, 5.41) is 7.01. The topological polar surface area (TPSA) is 67.4 Å². The Morgan fingerprint density at radius 3 is 2.31 bits per heavy atom. The number of nitrogens with zero attached hydrogens (tertiary/aromatic N) is 2. The first-order valence-electron chi connectivity index (χ1n) is 11.2. The Morgan fingerprint density at radius 1 is 0.969 bits per heavy atom. The van der Waals surface area contributed by atoms with E-state index in [0.29, 0.717) is 23.3 Å². The standard InChI is InChI=1S/C25H36N4O3/c1-26-25(27-15-12-20-10-11-22(30-2)24(32-4)23(20)31-3)28-21-13-16-29(17-14-21)18-19-8-6-5-7-9-19/h5-11,21H,12-18H2,1-4H3,(H2,26,27,28). The third-order valence-corrected chi connectivity index (χ3v) is 5.87. The average Bonchev–Trinajstić information content (AvgIpc) is 2.84. The van der Waals surface area contributed by atoms with Crippen LogP contribution in [0.15, 0.2) is 47.5 Å². The summed E-state index contributed by atoms with van der Waals surface area (Å²) >= 11 is 0. The Kier molecular flexibility index (Phi) is 9.04. The van der Waals surface area contributed by atoms with Crippen molar-refractivity contribution in [2.45, 2.75) is 31.8 Å². The number of aliphatic imine (C=N–C) groups is 1. The highest BCUT2D eigenvalue weighted by Gasteiger charge is 2.20. The SMILES string of the molecule is CN=C(NCCc1ccc(OC)c(OC)c1OC)NC1CCN(Cc2ccccc2)CC1. The van der Waals surface area contributed by atoms with E-state index in [4.69, 9.17) is 14.2 Å². The van der Waals surface area contributed by atoms with E-state index in [-0.39, 0.29) is 0 Å². The van der Waals surface area contributed by atoms with Gasteiger partial charge in [-0.05, 0) is 30.9 Å². The van der Waals surface area contributed by atoms with Crippen molar-refractivity contribution in [3.63, 3.8) is 0 Å². The molecule has 0 aromatic heterocycles. The second-order valence-electron chi connectivity index (χ2n) is 7.92. The number of hydrogen-bond acceptors (Lipinski definition) is 5. The van der Waals surface area contributed by atoms with Crippen LogP contribution in [-0.2, 0) is 13.0 Å². The van der Waals surface area contributed by atoms with Crippen LogP contribution in [0.25, 0.3) is 0 Å². The Bertz CT molecular complexity index is 865. The van der Waals surface area contributed by atoms with E-state index in [2.05, 4.69) is 50.9 Å². The molecule has 0 aliphatic carbocycles. The lowest BCUT2D eigenvalue weighted by atomic mass is 10.0. The summed E-state index contributed by atoms with van der Waals surface area (Å²) in [4.78, 5) is 6.93. The van der Waals surface area contributed by atoms with Crippen LogP contribution in [0.1, 0.15) is 24.0 Å². The number of hydrogen-bond donors (Lipinski definition) is 2. The quantitative estimate of drug-likeness (QED) is 0.461. The summed E-state index contributed by atoms with van der Waals surface area (Å²) in [6.07, 6.45) is 2.99. The van der Waals surface area contributed by atoms with Crippen molar-refractivity contribution in [1.82, 2.24) is 15.5 Å². The van der Waals surface area contributed by atoms with Crippen LogP contribution in [0.5, 0.6) is 17.2 Å². The summed E-state index contributed by atoms with van der Waals surface area (Å²) in [6, 6.07) is 15.0.